The van der Waals surface area contributed by atoms with Crippen LogP contribution in [0.3, 0.4) is 0 Å². The zero-order valence-corrected chi connectivity index (χ0v) is 17.7. The van der Waals surface area contributed by atoms with Crippen LogP contribution in [0.25, 0.3) is 0 Å². The van der Waals surface area contributed by atoms with E-state index in [0.717, 1.165) is 11.3 Å². The summed E-state index contributed by atoms with van der Waals surface area (Å²) in [6.07, 6.45) is 1.69. The SMILES string of the molecule is CC(=O)N1CC(c2ncn(C(C)C)n2)c2cc(C(=O)NCc3cccc(F)c3)ccc21. The summed E-state index contributed by atoms with van der Waals surface area (Å²) in [6.45, 7) is 6.21. The maximum Gasteiger partial charge on any atom is 0.251 e. The zero-order valence-electron chi connectivity index (χ0n) is 17.7. The molecular formula is C23H24FN5O2. The highest BCUT2D eigenvalue weighted by Gasteiger charge is 2.35. The Morgan fingerprint density at radius 3 is 2.71 bits per heavy atom. The number of aromatic nitrogens is 3. The minimum Gasteiger partial charge on any atom is -0.348 e. The van der Waals surface area contributed by atoms with Crippen molar-refractivity contribution in [1.82, 2.24) is 20.1 Å². The maximum atomic E-state index is 13.4. The summed E-state index contributed by atoms with van der Waals surface area (Å²) in [4.78, 5) is 31.0. The van der Waals surface area contributed by atoms with Gasteiger partial charge in [0.2, 0.25) is 5.91 Å². The van der Waals surface area contributed by atoms with Gasteiger partial charge < -0.3 is 10.2 Å². The first-order chi connectivity index (χ1) is 14.8. The first-order valence-electron chi connectivity index (χ1n) is 10.2. The van der Waals surface area contributed by atoms with E-state index in [4.69, 9.17) is 0 Å². The topological polar surface area (TPSA) is 80.1 Å². The fourth-order valence-electron chi connectivity index (χ4n) is 3.75. The standard InChI is InChI=1S/C23H24FN5O2/c1-14(2)29-13-26-22(27-29)20-12-28(15(3)30)21-8-7-17(10-19(20)21)23(31)25-11-16-5-4-6-18(24)9-16/h4-10,13-14,20H,11-12H2,1-3H3,(H,25,31). The summed E-state index contributed by atoms with van der Waals surface area (Å²) in [7, 11) is 0. The number of carbonyl (C=O) groups is 2. The molecule has 0 aliphatic carbocycles. The Bertz CT molecular complexity index is 1140. The van der Waals surface area contributed by atoms with E-state index in [1.165, 1.54) is 19.1 Å². The van der Waals surface area contributed by atoms with Gasteiger partial charge in [0.05, 0.1) is 5.92 Å². The number of amides is 2. The highest BCUT2D eigenvalue weighted by Crippen LogP contribution is 2.39. The van der Waals surface area contributed by atoms with Crippen molar-refractivity contribution in [3.05, 3.63) is 77.1 Å². The minimum atomic E-state index is -0.343. The Morgan fingerprint density at radius 1 is 1.23 bits per heavy atom. The van der Waals surface area contributed by atoms with Gasteiger partial charge in [-0.2, -0.15) is 5.10 Å². The molecular weight excluding hydrogens is 397 g/mol. The molecule has 0 saturated carbocycles. The van der Waals surface area contributed by atoms with Crippen LogP contribution >= 0.6 is 0 Å². The number of rotatable bonds is 5. The van der Waals surface area contributed by atoms with Crippen molar-refractivity contribution in [2.75, 3.05) is 11.4 Å². The summed E-state index contributed by atoms with van der Waals surface area (Å²) in [5.41, 5.74) is 2.75. The fourth-order valence-corrected chi connectivity index (χ4v) is 3.75. The van der Waals surface area contributed by atoms with Gasteiger partial charge in [-0.1, -0.05) is 12.1 Å². The predicted octanol–water partition coefficient (Wildman–Crippen LogP) is 3.43. The van der Waals surface area contributed by atoms with E-state index in [2.05, 4.69) is 15.4 Å². The van der Waals surface area contributed by atoms with Crippen LogP contribution in [0, 0.1) is 5.82 Å². The molecule has 2 aromatic carbocycles. The summed E-state index contributed by atoms with van der Waals surface area (Å²) < 4.78 is 15.1. The Hall–Kier alpha value is -3.55. The van der Waals surface area contributed by atoms with Crippen molar-refractivity contribution in [1.29, 1.82) is 0 Å². The van der Waals surface area contributed by atoms with Crippen LogP contribution in [0.5, 0.6) is 0 Å². The third kappa shape index (κ3) is 4.19. The Morgan fingerprint density at radius 2 is 2.03 bits per heavy atom. The average Bonchev–Trinajstić information content (AvgIpc) is 3.36. The van der Waals surface area contributed by atoms with Gasteiger partial charge in [-0.15, -0.1) is 0 Å². The van der Waals surface area contributed by atoms with E-state index >= 15 is 0 Å². The minimum absolute atomic E-state index is 0.0738. The molecule has 1 unspecified atom stereocenters. The Balaban J connectivity index is 1.60. The Labute approximate surface area is 179 Å². The van der Waals surface area contributed by atoms with Crippen LogP contribution in [0.1, 0.15) is 60.0 Å². The Kier molecular flexibility index (Phi) is 5.54. The molecule has 1 aromatic heterocycles. The number of nitrogens with zero attached hydrogens (tertiary/aromatic N) is 4. The summed E-state index contributed by atoms with van der Waals surface area (Å²) in [5.74, 6) is -0.279. The van der Waals surface area contributed by atoms with Gasteiger partial charge in [-0.3, -0.25) is 14.3 Å². The molecule has 0 spiro atoms. The first-order valence-corrected chi connectivity index (χ1v) is 10.2. The van der Waals surface area contributed by atoms with Crippen LogP contribution in [-0.4, -0.2) is 33.1 Å². The normalized spacial score (nSPS) is 15.3. The van der Waals surface area contributed by atoms with Gasteiger partial charge in [0.25, 0.3) is 5.91 Å². The van der Waals surface area contributed by atoms with Crippen molar-refractivity contribution in [3.8, 4) is 0 Å². The number of carbonyl (C=O) groups excluding carboxylic acids is 2. The second kappa shape index (κ2) is 8.29. The number of hydrogen-bond donors (Lipinski definition) is 1. The molecule has 2 amide bonds. The second-order valence-corrected chi connectivity index (χ2v) is 7.94. The molecule has 31 heavy (non-hydrogen) atoms. The number of nitrogens with one attached hydrogen (secondary N) is 1. The lowest BCUT2D eigenvalue weighted by Crippen LogP contribution is -2.27. The van der Waals surface area contributed by atoms with Crippen LogP contribution in [-0.2, 0) is 11.3 Å². The molecule has 1 atom stereocenters. The third-order valence-electron chi connectivity index (χ3n) is 5.41. The number of fused-ring (bicyclic) bond motifs is 1. The molecule has 0 bridgehead atoms. The molecule has 8 heteroatoms. The second-order valence-electron chi connectivity index (χ2n) is 7.94. The smallest absolute Gasteiger partial charge is 0.251 e. The van der Waals surface area contributed by atoms with Crippen molar-refractivity contribution in [2.24, 2.45) is 0 Å². The van der Waals surface area contributed by atoms with E-state index < -0.39 is 0 Å². The average molecular weight is 421 g/mol. The third-order valence-corrected chi connectivity index (χ3v) is 5.41. The van der Waals surface area contributed by atoms with Gasteiger partial charge in [-0.05, 0) is 55.3 Å². The number of benzene rings is 2. The highest BCUT2D eigenvalue weighted by molar-refractivity contribution is 5.98. The van der Waals surface area contributed by atoms with Crippen LogP contribution in [0.4, 0.5) is 10.1 Å². The van der Waals surface area contributed by atoms with E-state index in [1.807, 2.05) is 13.8 Å². The number of anilines is 1. The molecule has 0 saturated heterocycles. The molecule has 1 N–H and O–H groups in total. The van der Waals surface area contributed by atoms with Crippen molar-refractivity contribution in [3.63, 3.8) is 0 Å². The summed E-state index contributed by atoms with van der Waals surface area (Å²) >= 11 is 0. The largest absolute Gasteiger partial charge is 0.348 e. The molecule has 0 fully saturated rings. The van der Waals surface area contributed by atoms with Gasteiger partial charge in [-0.25, -0.2) is 9.37 Å². The highest BCUT2D eigenvalue weighted by atomic mass is 19.1. The molecule has 1 aliphatic heterocycles. The number of hydrogen-bond acceptors (Lipinski definition) is 4. The van der Waals surface area contributed by atoms with Gasteiger partial charge >= 0.3 is 0 Å². The summed E-state index contributed by atoms with van der Waals surface area (Å²) in [6, 6.07) is 11.6. The van der Waals surface area contributed by atoms with Crippen LogP contribution in [0.15, 0.2) is 48.8 Å². The molecule has 3 aromatic rings. The predicted molar refractivity (Wildman–Crippen MR) is 114 cm³/mol. The van der Waals surface area contributed by atoms with E-state index in [9.17, 15) is 14.0 Å². The van der Waals surface area contributed by atoms with Gasteiger partial charge in [0.1, 0.15) is 12.1 Å². The molecule has 2 heterocycles. The van der Waals surface area contributed by atoms with E-state index in [0.29, 0.717) is 23.5 Å². The number of halogens is 1. The quantitative estimate of drug-likeness (QED) is 0.685. The van der Waals surface area contributed by atoms with Crippen molar-refractivity contribution in [2.45, 2.75) is 39.3 Å². The lowest BCUT2D eigenvalue weighted by atomic mass is 9.98. The van der Waals surface area contributed by atoms with E-state index in [-0.39, 0.29) is 36.1 Å². The zero-order chi connectivity index (χ0) is 22.1. The van der Waals surface area contributed by atoms with Gasteiger partial charge in [0.15, 0.2) is 5.82 Å². The lowest BCUT2D eigenvalue weighted by molar-refractivity contribution is -0.116. The van der Waals surface area contributed by atoms with Gasteiger partial charge in [0, 0.05) is 37.3 Å². The maximum absolute atomic E-state index is 13.4. The van der Waals surface area contributed by atoms with Crippen molar-refractivity contribution >= 4 is 17.5 Å². The molecule has 7 nitrogen and oxygen atoms in total. The molecule has 160 valence electrons. The van der Waals surface area contributed by atoms with Crippen LogP contribution < -0.4 is 10.2 Å². The first kappa shape index (κ1) is 20.7. The monoisotopic (exact) mass is 421 g/mol. The summed E-state index contributed by atoms with van der Waals surface area (Å²) in [5, 5.41) is 7.39. The lowest BCUT2D eigenvalue weighted by Gasteiger charge is -2.15. The van der Waals surface area contributed by atoms with E-state index in [1.54, 1.807) is 46.2 Å². The van der Waals surface area contributed by atoms with Crippen molar-refractivity contribution < 1.29 is 14.0 Å². The molecule has 0 radical (unpaired) electrons. The fraction of sp³-hybridized carbons (Fsp3) is 0.304. The molecule has 4 rings (SSSR count). The molecule has 1 aliphatic rings. The van der Waals surface area contributed by atoms with Crippen LogP contribution in [0.2, 0.25) is 0 Å².